The summed E-state index contributed by atoms with van der Waals surface area (Å²) in [5.41, 5.74) is 1.09. The molecule has 1 N–H and O–H groups in total. The number of amides is 1. The van der Waals surface area contributed by atoms with Crippen molar-refractivity contribution in [3.05, 3.63) is 35.5 Å². The normalized spacial score (nSPS) is 18.1. The van der Waals surface area contributed by atoms with Crippen molar-refractivity contribution in [3.8, 4) is 22.6 Å². The number of nitrogens with zero attached hydrogens (tertiary/aromatic N) is 1. The van der Waals surface area contributed by atoms with Crippen LogP contribution in [0.5, 0.6) is 11.5 Å². The maximum atomic E-state index is 13.2. The minimum atomic E-state index is -3.70. The van der Waals surface area contributed by atoms with Gasteiger partial charge in [-0.25, -0.2) is 4.98 Å². The van der Waals surface area contributed by atoms with Crippen LogP contribution in [0.4, 0.5) is 14.6 Å². The lowest BCUT2D eigenvalue weighted by molar-refractivity contribution is -0.286. The van der Waals surface area contributed by atoms with E-state index in [0.29, 0.717) is 29.3 Å². The lowest BCUT2D eigenvalue weighted by Crippen LogP contribution is -2.25. The van der Waals surface area contributed by atoms with Crippen LogP contribution in [-0.2, 0) is 4.79 Å². The van der Waals surface area contributed by atoms with Gasteiger partial charge < -0.3 is 14.8 Å². The van der Waals surface area contributed by atoms with Gasteiger partial charge in [-0.2, -0.15) is 0 Å². The third-order valence-electron chi connectivity index (χ3n) is 5.03. The van der Waals surface area contributed by atoms with Crippen LogP contribution in [0.1, 0.15) is 38.5 Å². The first kappa shape index (κ1) is 18.9. The second-order valence-electron chi connectivity index (χ2n) is 7.13. The van der Waals surface area contributed by atoms with Gasteiger partial charge in [-0.3, -0.25) is 4.79 Å². The number of rotatable bonds is 4. The number of hydrogen-bond acceptors (Lipinski definition) is 4. The third-order valence-corrected chi connectivity index (χ3v) is 5.34. The fourth-order valence-electron chi connectivity index (χ4n) is 3.67. The van der Waals surface area contributed by atoms with Gasteiger partial charge in [0.05, 0.1) is 5.02 Å². The van der Waals surface area contributed by atoms with E-state index in [0.717, 1.165) is 12.8 Å². The van der Waals surface area contributed by atoms with E-state index < -0.39 is 6.29 Å². The molecule has 1 saturated carbocycles. The SMILES string of the molecule is O=C(CC1CCCCC1)Nc1ccc(-c2cc3c(cc2Cl)OC(F)(F)O3)cn1. The Morgan fingerprint density at radius 2 is 1.89 bits per heavy atom. The first-order valence-corrected chi connectivity index (χ1v) is 9.63. The first-order chi connectivity index (χ1) is 13.4. The molecule has 1 amide bonds. The van der Waals surface area contributed by atoms with Crippen LogP contribution in [0.25, 0.3) is 11.1 Å². The van der Waals surface area contributed by atoms with Crippen LogP contribution in [0, 0.1) is 5.92 Å². The van der Waals surface area contributed by atoms with E-state index in [9.17, 15) is 13.6 Å². The summed E-state index contributed by atoms with van der Waals surface area (Å²) in [7, 11) is 0. The highest BCUT2D eigenvalue weighted by Crippen LogP contribution is 2.46. The minimum absolute atomic E-state index is 0.0458. The van der Waals surface area contributed by atoms with Crippen molar-refractivity contribution >= 4 is 23.3 Å². The molecule has 0 bridgehead atoms. The summed E-state index contributed by atoms with van der Waals surface area (Å²) in [5.74, 6) is 0.634. The molecule has 1 fully saturated rings. The van der Waals surface area contributed by atoms with E-state index in [1.807, 2.05) is 0 Å². The molecule has 5 nitrogen and oxygen atoms in total. The van der Waals surface area contributed by atoms with Gasteiger partial charge in [-0.1, -0.05) is 30.9 Å². The predicted molar refractivity (Wildman–Crippen MR) is 101 cm³/mol. The highest BCUT2D eigenvalue weighted by Gasteiger charge is 2.43. The molecular weight excluding hydrogens is 390 g/mol. The molecule has 0 radical (unpaired) electrons. The zero-order valence-electron chi connectivity index (χ0n) is 15.0. The number of benzene rings is 1. The van der Waals surface area contributed by atoms with E-state index >= 15 is 0 Å². The van der Waals surface area contributed by atoms with Crippen molar-refractivity contribution in [2.75, 3.05) is 5.32 Å². The Morgan fingerprint density at radius 3 is 2.57 bits per heavy atom. The van der Waals surface area contributed by atoms with E-state index in [1.54, 1.807) is 12.1 Å². The van der Waals surface area contributed by atoms with Crippen LogP contribution in [-0.4, -0.2) is 17.2 Å². The van der Waals surface area contributed by atoms with E-state index in [-0.39, 0.29) is 22.4 Å². The Balaban J connectivity index is 1.44. The molecule has 2 heterocycles. The molecule has 28 heavy (non-hydrogen) atoms. The van der Waals surface area contributed by atoms with Gasteiger partial charge >= 0.3 is 6.29 Å². The van der Waals surface area contributed by atoms with Gasteiger partial charge in [0.25, 0.3) is 0 Å². The maximum absolute atomic E-state index is 13.2. The van der Waals surface area contributed by atoms with Gasteiger partial charge in [0.15, 0.2) is 11.5 Å². The number of anilines is 1. The van der Waals surface area contributed by atoms with Crippen molar-refractivity contribution in [2.24, 2.45) is 5.92 Å². The van der Waals surface area contributed by atoms with Gasteiger partial charge in [0.2, 0.25) is 5.91 Å². The second kappa shape index (κ2) is 7.54. The van der Waals surface area contributed by atoms with Crippen LogP contribution in [0.2, 0.25) is 5.02 Å². The Bertz CT molecular complexity index is 884. The largest absolute Gasteiger partial charge is 0.586 e. The van der Waals surface area contributed by atoms with Crippen molar-refractivity contribution in [1.82, 2.24) is 4.98 Å². The summed E-state index contributed by atoms with van der Waals surface area (Å²) in [6, 6.07) is 6.04. The number of ether oxygens (including phenoxy) is 2. The summed E-state index contributed by atoms with van der Waals surface area (Å²) in [5, 5.41) is 3.04. The topological polar surface area (TPSA) is 60.5 Å². The van der Waals surface area contributed by atoms with Gasteiger partial charge in [-0.05, 0) is 37.0 Å². The predicted octanol–water partition coefficient (Wildman–Crippen LogP) is 5.63. The lowest BCUT2D eigenvalue weighted by atomic mass is 9.87. The molecule has 148 valence electrons. The fourth-order valence-corrected chi connectivity index (χ4v) is 3.93. The van der Waals surface area contributed by atoms with Crippen LogP contribution in [0.15, 0.2) is 30.5 Å². The number of nitrogens with one attached hydrogen (secondary N) is 1. The number of aromatic nitrogens is 1. The Kier molecular flexibility index (Phi) is 5.10. The molecule has 2 aliphatic rings. The smallest absolute Gasteiger partial charge is 0.395 e. The number of carbonyl (C=O) groups is 1. The average molecular weight is 409 g/mol. The fraction of sp³-hybridized carbons (Fsp3) is 0.400. The number of alkyl halides is 2. The summed E-state index contributed by atoms with van der Waals surface area (Å²) < 4.78 is 35.3. The first-order valence-electron chi connectivity index (χ1n) is 9.25. The third kappa shape index (κ3) is 4.19. The van der Waals surface area contributed by atoms with E-state index in [1.165, 1.54) is 37.6 Å². The Morgan fingerprint density at radius 1 is 1.18 bits per heavy atom. The van der Waals surface area contributed by atoms with Crippen molar-refractivity contribution < 1.29 is 23.0 Å². The Hall–Kier alpha value is -2.41. The zero-order valence-corrected chi connectivity index (χ0v) is 15.8. The lowest BCUT2D eigenvalue weighted by Gasteiger charge is -2.20. The molecular formula is C20H19ClF2N2O3. The number of pyridine rings is 1. The summed E-state index contributed by atoms with van der Waals surface area (Å²) in [4.78, 5) is 16.4. The highest BCUT2D eigenvalue weighted by molar-refractivity contribution is 6.33. The summed E-state index contributed by atoms with van der Waals surface area (Å²) in [6.07, 6.45) is 4.16. The van der Waals surface area contributed by atoms with Gasteiger partial charge in [0.1, 0.15) is 5.82 Å². The molecule has 0 saturated heterocycles. The molecule has 0 unspecified atom stereocenters. The minimum Gasteiger partial charge on any atom is -0.395 e. The molecule has 4 rings (SSSR count). The molecule has 8 heteroatoms. The van der Waals surface area contributed by atoms with Crippen molar-refractivity contribution in [2.45, 2.75) is 44.8 Å². The monoisotopic (exact) mass is 408 g/mol. The van der Waals surface area contributed by atoms with Crippen molar-refractivity contribution in [3.63, 3.8) is 0 Å². The van der Waals surface area contributed by atoms with Gasteiger partial charge in [-0.15, -0.1) is 8.78 Å². The molecule has 1 aromatic heterocycles. The highest BCUT2D eigenvalue weighted by atomic mass is 35.5. The van der Waals surface area contributed by atoms with E-state index in [2.05, 4.69) is 19.8 Å². The molecule has 0 atom stereocenters. The zero-order chi connectivity index (χ0) is 19.7. The van der Waals surface area contributed by atoms with Crippen LogP contribution >= 0.6 is 11.6 Å². The van der Waals surface area contributed by atoms with Crippen LogP contribution < -0.4 is 14.8 Å². The molecule has 0 spiro atoms. The van der Waals surface area contributed by atoms with Crippen LogP contribution in [0.3, 0.4) is 0 Å². The number of carbonyl (C=O) groups excluding carboxylic acids is 1. The second-order valence-corrected chi connectivity index (χ2v) is 7.54. The number of fused-ring (bicyclic) bond motifs is 1. The molecule has 2 aromatic rings. The molecule has 1 aliphatic heterocycles. The standard InChI is InChI=1S/C20H19ClF2N2O3/c21-15-10-17-16(27-20(22,23)28-17)9-14(15)13-6-7-18(24-11-13)25-19(26)8-12-4-2-1-3-5-12/h6-7,9-12H,1-5,8H2,(H,24,25,26). The average Bonchev–Trinajstić information content (AvgIpc) is 2.95. The molecule has 1 aliphatic carbocycles. The number of halogens is 3. The summed E-state index contributed by atoms with van der Waals surface area (Å²) in [6.45, 7) is 0. The quantitative estimate of drug-likeness (QED) is 0.712. The number of hydrogen-bond donors (Lipinski definition) is 1. The molecule has 1 aromatic carbocycles. The van der Waals surface area contributed by atoms with Crippen molar-refractivity contribution in [1.29, 1.82) is 0 Å². The maximum Gasteiger partial charge on any atom is 0.586 e. The summed E-state index contributed by atoms with van der Waals surface area (Å²) >= 11 is 6.19. The van der Waals surface area contributed by atoms with E-state index in [4.69, 9.17) is 11.6 Å². The van der Waals surface area contributed by atoms with Gasteiger partial charge in [0, 0.05) is 29.8 Å². The Labute approximate surface area is 166 Å².